The van der Waals surface area contributed by atoms with Gasteiger partial charge in [-0.2, -0.15) is 9.97 Å². The third-order valence-electron chi connectivity index (χ3n) is 7.24. The van der Waals surface area contributed by atoms with E-state index in [1.54, 1.807) is 30.3 Å². The monoisotopic (exact) mass is 528 g/mol. The summed E-state index contributed by atoms with van der Waals surface area (Å²) in [5.41, 5.74) is 0.973. The molecule has 3 saturated heterocycles. The second kappa shape index (κ2) is 10.8. The van der Waals surface area contributed by atoms with Crippen molar-refractivity contribution in [3.63, 3.8) is 0 Å². The van der Waals surface area contributed by atoms with Gasteiger partial charge in [-0.25, -0.2) is 13.8 Å². The van der Waals surface area contributed by atoms with E-state index in [4.69, 9.17) is 14.2 Å². The van der Waals surface area contributed by atoms with E-state index in [1.807, 2.05) is 9.80 Å². The predicted octanol–water partition coefficient (Wildman–Crippen LogP) is 3.00. The van der Waals surface area contributed by atoms with Crippen molar-refractivity contribution in [2.45, 2.75) is 31.8 Å². The highest BCUT2D eigenvalue weighted by Crippen LogP contribution is 2.30. The van der Waals surface area contributed by atoms with Crippen LogP contribution in [0.5, 0.6) is 5.88 Å². The molecule has 3 fully saturated rings. The summed E-state index contributed by atoms with van der Waals surface area (Å²) in [6.45, 7) is 4.39. The molecule has 1 amide bonds. The standard InChI is InChI=1S/C26H30F2N6O4/c27-23(28)24-29-19-5-1-2-6-20(19)34(24)21-14-22(31-26(30-21)32-9-12-36-13-10-32)38-18-7-8-33(15-18)25(35)17-4-3-11-37-16-17/h1-2,5-6,14,17-18,23H,3-4,7-13,15-16H2/t17?,18-/m0/s1. The van der Waals surface area contributed by atoms with Crippen molar-refractivity contribution in [2.75, 3.05) is 57.5 Å². The predicted molar refractivity (Wildman–Crippen MR) is 134 cm³/mol. The summed E-state index contributed by atoms with van der Waals surface area (Å²) < 4.78 is 46.7. The van der Waals surface area contributed by atoms with Crippen LogP contribution in [0.4, 0.5) is 14.7 Å². The van der Waals surface area contributed by atoms with Gasteiger partial charge in [0.25, 0.3) is 6.43 Å². The molecule has 0 aliphatic carbocycles. The number of anilines is 1. The fraction of sp³-hybridized carbons (Fsp3) is 0.538. The topological polar surface area (TPSA) is 94.8 Å². The van der Waals surface area contributed by atoms with Crippen molar-refractivity contribution in [1.82, 2.24) is 24.4 Å². The number of imidazole rings is 1. The zero-order valence-electron chi connectivity index (χ0n) is 21.0. The second-order valence-corrected chi connectivity index (χ2v) is 9.79. The Morgan fingerprint density at radius 3 is 2.66 bits per heavy atom. The molecule has 0 radical (unpaired) electrons. The van der Waals surface area contributed by atoms with Gasteiger partial charge >= 0.3 is 0 Å². The molecule has 2 atom stereocenters. The number of nitrogens with zero attached hydrogens (tertiary/aromatic N) is 6. The van der Waals surface area contributed by atoms with Gasteiger partial charge in [-0.3, -0.25) is 9.36 Å². The summed E-state index contributed by atoms with van der Waals surface area (Å²) in [7, 11) is 0. The Morgan fingerprint density at radius 2 is 1.87 bits per heavy atom. The highest BCUT2D eigenvalue weighted by molar-refractivity contribution is 5.79. The Balaban J connectivity index is 1.30. The molecule has 0 saturated carbocycles. The average Bonchev–Trinajstić information content (AvgIpc) is 3.58. The van der Waals surface area contributed by atoms with Crippen molar-refractivity contribution in [3.05, 3.63) is 36.2 Å². The lowest BCUT2D eigenvalue weighted by Crippen LogP contribution is -2.39. The molecule has 0 bridgehead atoms. The van der Waals surface area contributed by atoms with E-state index in [-0.39, 0.29) is 29.6 Å². The minimum Gasteiger partial charge on any atom is -0.472 e. The zero-order valence-corrected chi connectivity index (χ0v) is 21.0. The molecule has 3 aliphatic rings. The maximum absolute atomic E-state index is 14.1. The number of amides is 1. The van der Waals surface area contributed by atoms with Gasteiger partial charge in [0.2, 0.25) is 17.7 Å². The molecule has 0 N–H and O–H groups in total. The van der Waals surface area contributed by atoms with Crippen molar-refractivity contribution in [2.24, 2.45) is 5.92 Å². The van der Waals surface area contributed by atoms with Gasteiger partial charge in [0.05, 0.1) is 43.3 Å². The van der Waals surface area contributed by atoms with Crippen molar-refractivity contribution in [3.8, 4) is 11.7 Å². The number of alkyl halides is 2. The number of benzene rings is 1. The van der Waals surface area contributed by atoms with Crippen LogP contribution in [0.1, 0.15) is 31.5 Å². The van der Waals surface area contributed by atoms with Gasteiger partial charge in [0.1, 0.15) is 11.9 Å². The van der Waals surface area contributed by atoms with Crippen molar-refractivity contribution >= 4 is 22.9 Å². The Kier molecular flexibility index (Phi) is 7.07. The van der Waals surface area contributed by atoms with Crippen LogP contribution < -0.4 is 9.64 Å². The quantitative estimate of drug-likeness (QED) is 0.482. The molecule has 38 heavy (non-hydrogen) atoms. The van der Waals surface area contributed by atoms with Gasteiger partial charge in [-0.1, -0.05) is 12.1 Å². The van der Waals surface area contributed by atoms with E-state index in [9.17, 15) is 13.6 Å². The highest BCUT2D eigenvalue weighted by atomic mass is 19.3. The highest BCUT2D eigenvalue weighted by Gasteiger charge is 2.33. The number of para-hydroxylation sites is 2. The molecule has 202 valence electrons. The van der Waals surface area contributed by atoms with E-state index >= 15 is 0 Å². The number of hydrogen-bond donors (Lipinski definition) is 0. The first kappa shape index (κ1) is 24.9. The van der Waals surface area contributed by atoms with Gasteiger partial charge in [-0.15, -0.1) is 0 Å². The SMILES string of the molecule is O=C(C1CCCOC1)N1CC[C@H](Oc2cc(-n3c(C(F)F)nc4ccccc43)nc(N3CCOCC3)n2)C1. The first-order valence-corrected chi connectivity index (χ1v) is 13.1. The van der Waals surface area contributed by atoms with Crippen LogP contribution in [-0.4, -0.2) is 89.0 Å². The third-order valence-corrected chi connectivity index (χ3v) is 7.24. The van der Waals surface area contributed by atoms with Gasteiger partial charge in [0.15, 0.2) is 5.82 Å². The minimum absolute atomic E-state index is 0.0969. The first-order chi connectivity index (χ1) is 18.6. The lowest BCUT2D eigenvalue weighted by molar-refractivity contribution is -0.138. The molecule has 5 heterocycles. The summed E-state index contributed by atoms with van der Waals surface area (Å²) in [4.78, 5) is 30.2. The van der Waals surface area contributed by atoms with E-state index in [0.717, 1.165) is 12.8 Å². The fourth-order valence-corrected chi connectivity index (χ4v) is 5.30. The number of rotatable bonds is 6. The first-order valence-electron chi connectivity index (χ1n) is 13.1. The van der Waals surface area contributed by atoms with Gasteiger partial charge < -0.3 is 24.0 Å². The Labute approximate surface area is 218 Å². The van der Waals surface area contributed by atoms with Crippen LogP contribution in [0.3, 0.4) is 0 Å². The summed E-state index contributed by atoms with van der Waals surface area (Å²) in [5, 5.41) is 0. The molecule has 6 rings (SSSR count). The minimum atomic E-state index is -2.80. The lowest BCUT2D eigenvalue weighted by Gasteiger charge is -2.28. The smallest absolute Gasteiger partial charge is 0.296 e. The van der Waals surface area contributed by atoms with E-state index in [0.29, 0.717) is 76.0 Å². The summed E-state index contributed by atoms with van der Waals surface area (Å²) in [6, 6.07) is 8.54. The molecule has 12 heteroatoms. The number of carbonyl (C=O) groups is 1. The van der Waals surface area contributed by atoms with E-state index < -0.39 is 12.2 Å². The molecule has 0 spiro atoms. The molecule has 2 aromatic heterocycles. The third kappa shape index (κ3) is 5.02. The number of ether oxygens (including phenoxy) is 3. The number of likely N-dealkylation sites (tertiary alicyclic amines) is 1. The van der Waals surface area contributed by atoms with Crippen LogP contribution >= 0.6 is 0 Å². The van der Waals surface area contributed by atoms with Gasteiger partial charge in [0, 0.05) is 38.7 Å². The molecule has 3 aromatic rings. The Bertz CT molecular complexity index is 1290. The molecule has 1 unspecified atom stereocenters. The summed E-state index contributed by atoms with van der Waals surface area (Å²) >= 11 is 0. The molecule has 1 aromatic carbocycles. The summed E-state index contributed by atoms with van der Waals surface area (Å²) in [6.07, 6.45) is -0.682. The fourth-order valence-electron chi connectivity index (χ4n) is 5.30. The van der Waals surface area contributed by atoms with Crippen molar-refractivity contribution < 1.29 is 27.8 Å². The number of hydrogen-bond acceptors (Lipinski definition) is 8. The van der Waals surface area contributed by atoms with Crippen molar-refractivity contribution in [1.29, 1.82) is 0 Å². The van der Waals surface area contributed by atoms with Crippen LogP contribution in [0.15, 0.2) is 30.3 Å². The van der Waals surface area contributed by atoms with Crippen LogP contribution in [-0.2, 0) is 14.3 Å². The Hall–Kier alpha value is -3.38. The maximum atomic E-state index is 14.1. The summed E-state index contributed by atoms with van der Waals surface area (Å²) in [5.74, 6) is 0.503. The normalized spacial score (nSPS) is 22.4. The second-order valence-electron chi connectivity index (χ2n) is 9.79. The number of aromatic nitrogens is 4. The number of fused-ring (bicyclic) bond motifs is 1. The van der Waals surface area contributed by atoms with Crippen LogP contribution in [0, 0.1) is 5.92 Å². The van der Waals surface area contributed by atoms with Crippen LogP contribution in [0.25, 0.3) is 16.9 Å². The average molecular weight is 529 g/mol. The Morgan fingerprint density at radius 1 is 1.03 bits per heavy atom. The molecule has 3 aliphatic heterocycles. The number of carbonyl (C=O) groups excluding carboxylic acids is 1. The number of halogens is 2. The van der Waals surface area contributed by atoms with E-state index in [2.05, 4.69) is 15.0 Å². The largest absolute Gasteiger partial charge is 0.472 e. The maximum Gasteiger partial charge on any atom is 0.296 e. The van der Waals surface area contributed by atoms with E-state index in [1.165, 1.54) is 4.57 Å². The number of morpholine rings is 1. The molecular formula is C26H30F2N6O4. The zero-order chi connectivity index (χ0) is 26.1. The molecular weight excluding hydrogens is 498 g/mol. The lowest BCUT2D eigenvalue weighted by atomic mass is 10.0. The van der Waals surface area contributed by atoms with Gasteiger partial charge in [-0.05, 0) is 25.0 Å². The molecule has 10 nitrogen and oxygen atoms in total. The van der Waals surface area contributed by atoms with Crippen LogP contribution in [0.2, 0.25) is 0 Å².